The first kappa shape index (κ1) is 12.4. The van der Waals surface area contributed by atoms with E-state index in [-0.39, 0.29) is 18.1 Å². The first-order valence-electron chi connectivity index (χ1n) is 5.66. The topological polar surface area (TPSA) is 72.5 Å². The van der Waals surface area contributed by atoms with Crippen LogP contribution in [-0.2, 0) is 9.53 Å². The van der Waals surface area contributed by atoms with Gasteiger partial charge in [-0.2, -0.15) is 0 Å². The van der Waals surface area contributed by atoms with Crippen molar-refractivity contribution in [2.24, 2.45) is 5.73 Å². The Labute approximate surface area is 105 Å². The van der Waals surface area contributed by atoms with E-state index in [0.717, 1.165) is 16.3 Å². The molecule has 0 radical (unpaired) electrons. The van der Waals surface area contributed by atoms with Crippen LogP contribution in [-0.4, -0.2) is 18.2 Å². The van der Waals surface area contributed by atoms with Crippen molar-refractivity contribution in [3.05, 3.63) is 42.0 Å². The van der Waals surface area contributed by atoms with Gasteiger partial charge in [0.2, 0.25) is 0 Å². The van der Waals surface area contributed by atoms with E-state index in [1.54, 1.807) is 12.1 Å². The zero-order valence-corrected chi connectivity index (χ0v) is 10.1. The van der Waals surface area contributed by atoms with Crippen LogP contribution in [0.4, 0.5) is 0 Å². The zero-order valence-electron chi connectivity index (χ0n) is 10.1. The van der Waals surface area contributed by atoms with Crippen molar-refractivity contribution in [3.8, 4) is 5.75 Å². The molecule has 0 unspecified atom stereocenters. The third-order valence-electron chi connectivity index (χ3n) is 2.95. The molecular weight excluding hydrogens is 230 g/mol. The Bertz CT molecular complexity index is 580. The van der Waals surface area contributed by atoms with Crippen LogP contribution in [0.3, 0.4) is 0 Å². The van der Waals surface area contributed by atoms with E-state index in [1.165, 1.54) is 7.11 Å². The van der Waals surface area contributed by atoms with E-state index in [2.05, 4.69) is 4.74 Å². The van der Waals surface area contributed by atoms with Crippen LogP contribution in [0, 0.1) is 0 Å². The smallest absolute Gasteiger partial charge is 0.307 e. The van der Waals surface area contributed by atoms with Gasteiger partial charge in [-0.1, -0.05) is 30.3 Å². The first-order chi connectivity index (χ1) is 8.63. The van der Waals surface area contributed by atoms with Crippen molar-refractivity contribution in [2.75, 3.05) is 7.11 Å². The van der Waals surface area contributed by atoms with Gasteiger partial charge in [0.05, 0.1) is 13.5 Å². The van der Waals surface area contributed by atoms with Crippen molar-refractivity contribution in [3.63, 3.8) is 0 Å². The molecule has 1 atom stereocenters. The maximum Gasteiger partial charge on any atom is 0.307 e. The van der Waals surface area contributed by atoms with Gasteiger partial charge >= 0.3 is 5.97 Å². The Kier molecular flexibility index (Phi) is 3.48. The largest absolute Gasteiger partial charge is 0.507 e. The lowest BCUT2D eigenvalue weighted by Crippen LogP contribution is -2.16. The summed E-state index contributed by atoms with van der Waals surface area (Å²) in [6.45, 7) is 0. The summed E-state index contributed by atoms with van der Waals surface area (Å²) in [5.74, 6) is -0.140. The number of benzene rings is 2. The molecule has 0 spiro atoms. The fraction of sp³-hybridized carbons (Fsp3) is 0.214. The van der Waals surface area contributed by atoms with Crippen molar-refractivity contribution >= 4 is 16.7 Å². The maximum absolute atomic E-state index is 11.2. The SMILES string of the molecule is COC(=O)C[C@H](N)c1ccc(O)c2ccccc12. The molecule has 0 fully saturated rings. The Balaban J connectivity index is 2.45. The summed E-state index contributed by atoms with van der Waals surface area (Å²) < 4.78 is 4.61. The fourth-order valence-corrected chi connectivity index (χ4v) is 2.00. The minimum atomic E-state index is -0.442. The predicted octanol–water partition coefficient (Wildman–Crippen LogP) is 2.11. The molecule has 0 aliphatic carbocycles. The third-order valence-corrected chi connectivity index (χ3v) is 2.95. The number of esters is 1. The lowest BCUT2D eigenvalue weighted by atomic mass is 9.97. The molecule has 2 rings (SSSR count). The lowest BCUT2D eigenvalue weighted by Gasteiger charge is -2.14. The Morgan fingerprint density at radius 1 is 1.28 bits per heavy atom. The molecule has 3 N–H and O–H groups in total. The minimum absolute atomic E-state index is 0.116. The van der Waals surface area contributed by atoms with Crippen molar-refractivity contribution in [1.82, 2.24) is 0 Å². The highest BCUT2D eigenvalue weighted by Gasteiger charge is 2.15. The van der Waals surface area contributed by atoms with Gasteiger partial charge in [-0.05, 0) is 17.0 Å². The van der Waals surface area contributed by atoms with Gasteiger partial charge < -0.3 is 15.6 Å². The van der Waals surface area contributed by atoms with Crippen LogP contribution in [0.25, 0.3) is 10.8 Å². The third kappa shape index (κ3) is 2.28. The molecule has 0 amide bonds. The molecule has 4 heteroatoms. The summed E-state index contributed by atoms with van der Waals surface area (Å²) in [6.07, 6.45) is 0.116. The molecule has 2 aromatic carbocycles. The monoisotopic (exact) mass is 245 g/mol. The van der Waals surface area contributed by atoms with Gasteiger partial charge in [0.15, 0.2) is 0 Å². The average Bonchev–Trinajstić information content (AvgIpc) is 2.39. The lowest BCUT2D eigenvalue weighted by molar-refractivity contribution is -0.141. The molecule has 4 nitrogen and oxygen atoms in total. The number of aromatic hydroxyl groups is 1. The number of phenolic OH excluding ortho intramolecular Hbond substituents is 1. The number of rotatable bonds is 3. The second kappa shape index (κ2) is 5.06. The molecule has 2 aromatic rings. The molecule has 94 valence electrons. The van der Waals surface area contributed by atoms with Gasteiger partial charge in [-0.25, -0.2) is 0 Å². The molecule has 0 aromatic heterocycles. The summed E-state index contributed by atoms with van der Waals surface area (Å²) in [4.78, 5) is 11.2. The number of carbonyl (C=O) groups is 1. The summed E-state index contributed by atoms with van der Waals surface area (Å²) in [7, 11) is 1.34. The molecule has 0 bridgehead atoms. The minimum Gasteiger partial charge on any atom is -0.507 e. The molecule has 0 heterocycles. The van der Waals surface area contributed by atoms with Gasteiger partial charge in [-0.15, -0.1) is 0 Å². The molecule has 18 heavy (non-hydrogen) atoms. The fourth-order valence-electron chi connectivity index (χ4n) is 2.00. The van der Waals surface area contributed by atoms with Gasteiger partial charge in [0.25, 0.3) is 0 Å². The Morgan fingerprint density at radius 3 is 2.61 bits per heavy atom. The van der Waals surface area contributed by atoms with Crippen LogP contribution < -0.4 is 5.73 Å². The number of hydrogen-bond donors (Lipinski definition) is 2. The van der Waals surface area contributed by atoms with E-state index >= 15 is 0 Å². The predicted molar refractivity (Wildman–Crippen MR) is 69.2 cm³/mol. The number of carbonyl (C=O) groups excluding carboxylic acids is 1. The van der Waals surface area contributed by atoms with Crippen molar-refractivity contribution in [2.45, 2.75) is 12.5 Å². The van der Waals surface area contributed by atoms with E-state index < -0.39 is 6.04 Å². The highest BCUT2D eigenvalue weighted by Crippen LogP contribution is 2.31. The van der Waals surface area contributed by atoms with Crippen LogP contribution in [0.1, 0.15) is 18.0 Å². The second-order valence-corrected chi connectivity index (χ2v) is 4.11. The van der Waals surface area contributed by atoms with Gasteiger partial charge in [-0.3, -0.25) is 4.79 Å². The summed E-state index contributed by atoms with van der Waals surface area (Å²) >= 11 is 0. The maximum atomic E-state index is 11.2. The quantitative estimate of drug-likeness (QED) is 0.812. The van der Waals surface area contributed by atoms with Gasteiger partial charge in [0, 0.05) is 11.4 Å². The zero-order chi connectivity index (χ0) is 13.1. The number of phenols is 1. The second-order valence-electron chi connectivity index (χ2n) is 4.11. The normalized spacial score (nSPS) is 12.3. The van der Waals surface area contributed by atoms with Crippen LogP contribution in [0.15, 0.2) is 36.4 Å². The standard InChI is InChI=1S/C14H15NO3/c1-18-14(17)8-12(15)10-6-7-13(16)11-5-3-2-4-9(10)11/h2-7,12,16H,8,15H2,1H3/t12-/m0/s1. The van der Waals surface area contributed by atoms with E-state index in [4.69, 9.17) is 5.73 Å². The number of hydrogen-bond acceptors (Lipinski definition) is 4. The number of nitrogens with two attached hydrogens (primary N) is 1. The first-order valence-corrected chi connectivity index (χ1v) is 5.66. The number of methoxy groups -OCH3 is 1. The number of fused-ring (bicyclic) bond motifs is 1. The van der Waals surface area contributed by atoms with Gasteiger partial charge in [0.1, 0.15) is 5.75 Å². The van der Waals surface area contributed by atoms with Crippen LogP contribution in [0.5, 0.6) is 5.75 Å². The number of ether oxygens (including phenoxy) is 1. The van der Waals surface area contributed by atoms with Crippen LogP contribution >= 0.6 is 0 Å². The van der Waals surface area contributed by atoms with Crippen LogP contribution in [0.2, 0.25) is 0 Å². The van der Waals surface area contributed by atoms with Crippen molar-refractivity contribution < 1.29 is 14.6 Å². The highest BCUT2D eigenvalue weighted by atomic mass is 16.5. The molecule has 0 aliphatic rings. The summed E-state index contributed by atoms with van der Waals surface area (Å²) in [5, 5.41) is 11.4. The molecule has 0 saturated carbocycles. The Morgan fingerprint density at radius 2 is 1.94 bits per heavy atom. The summed E-state index contributed by atoms with van der Waals surface area (Å²) in [5.41, 5.74) is 6.83. The summed E-state index contributed by atoms with van der Waals surface area (Å²) in [6, 6.07) is 10.3. The van der Waals surface area contributed by atoms with E-state index in [1.807, 2.05) is 24.3 Å². The molecule has 0 aliphatic heterocycles. The highest BCUT2D eigenvalue weighted by molar-refractivity contribution is 5.91. The van der Waals surface area contributed by atoms with Crippen molar-refractivity contribution in [1.29, 1.82) is 0 Å². The Hall–Kier alpha value is -2.07. The van der Waals surface area contributed by atoms with E-state index in [0.29, 0.717) is 0 Å². The molecule has 0 saturated heterocycles. The average molecular weight is 245 g/mol. The van der Waals surface area contributed by atoms with E-state index in [9.17, 15) is 9.90 Å². The molecular formula is C14H15NO3.